The number of aliphatic hydroxyl groups is 1. The summed E-state index contributed by atoms with van der Waals surface area (Å²) >= 11 is 0. The number of rotatable bonds is 46. The van der Waals surface area contributed by atoms with E-state index in [0.717, 1.165) is 40.7 Å². The second-order valence-corrected chi connectivity index (χ2v) is 33.0. The van der Waals surface area contributed by atoms with Crippen molar-refractivity contribution in [1.29, 1.82) is 0 Å². The maximum Gasteiger partial charge on any atom is 0.490 e. The monoisotopic (exact) mass is 1610 g/mol. The number of nitrogens with two attached hydrogens (primary N) is 1. The number of fused-ring (bicyclic) bond motifs is 2. The molecule has 4 amide bonds. The number of carbonyl (C=O) groups is 8. The van der Waals surface area contributed by atoms with E-state index in [1.165, 1.54) is 55.6 Å². The number of aliphatic hydroxyl groups excluding tert-OH is 1. The van der Waals surface area contributed by atoms with Gasteiger partial charge in [0.15, 0.2) is 5.78 Å². The van der Waals surface area contributed by atoms with E-state index in [4.69, 9.17) is 34.7 Å². The average molecular weight is 1610 g/mol. The number of aromatic nitrogens is 2. The van der Waals surface area contributed by atoms with Crippen molar-refractivity contribution < 1.29 is 114 Å². The van der Waals surface area contributed by atoms with Gasteiger partial charge >= 0.3 is 41.1 Å². The second kappa shape index (κ2) is 43.5. The number of allylic oxidation sites excluding steroid dienone is 4. The van der Waals surface area contributed by atoms with Gasteiger partial charge in [0.25, 0.3) is 5.91 Å². The Hall–Kier alpha value is -7.06. The number of phosphoric acid groups is 3. The standard InChI is InChI=1S/C70H97N8O25P3S2/c1-7-16-46-35-48-36-49-37-56(72-9-3)44(5)34-54(49)65(53(48)33-43(46)4)51-19-12-13-20-52(51)68(87)77(6)26-14-22-61(82)73-25-28-99-30-29-98-27-23-62(83)74-55(67(86)75-57(39-64(84)85)58(80)38-45(8-2)69(88)89)21-15-31-107-108-32-24-50(79)18-11-10-17-47-41-78(70(90)76-66(47)71)63-40-59(81)60(101-63)42-100-105(94,95)103-106(96,97)102-104(91,92)93/h12-13,19-20,33-35,37,41,45,54-55,57,59-60,63,65,81H,7-9,11,14-16,18,21-32,36,38-40,42H2,1-6H3,(H,73,82)(H,74,83)(H,75,86)(H,84,85)(H,88,89)(H,94,95)(H,96,97)(H2,71,76,90)(H2,91,92,93)/t45?,54?,55?,57?,59?,60-,63-,65?/m1/s1. The third kappa shape index (κ3) is 29.0. The number of nitrogen functional groups attached to an aromatic ring is 1. The van der Waals surface area contributed by atoms with E-state index in [1.807, 2.05) is 25.1 Å². The van der Waals surface area contributed by atoms with E-state index >= 15 is 0 Å². The van der Waals surface area contributed by atoms with Gasteiger partial charge in [0.2, 0.25) is 17.7 Å². The molecule has 8 unspecified atom stereocenters. The first kappa shape index (κ1) is 89.8. The number of aliphatic imine (C=N–C) groups is 1. The minimum atomic E-state index is -5.82. The number of amides is 4. The van der Waals surface area contributed by atoms with E-state index < -0.39 is 115 Å². The van der Waals surface area contributed by atoms with Gasteiger partial charge in [-0.25, -0.2) is 18.5 Å². The number of Topliss-reactive ketones (excluding diaryl/α,β-unsaturated/α-hetero) is 2. The van der Waals surface area contributed by atoms with Crippen LogP contribution in [0.15, 0.2) is 75.7 Å². The predicted octanol–water partition coefficient (Wildman–Crippen LogP) is 6.59. The minimum Gasteiger partial charge on any atom is -0.481 e. The number of nitrogens with zero attached hydrogens (tertiary/aromatic N) is 4. The molecule has 2 aliphatic carbocycles. The Kier molecular flexibility index (Phi) is 36.2. The molecule has 38 heteroatoms. The zero-order valence-electron chi connectivity index (χ0n) is 61.0. The Morgan fingerprint density at radius 2 is 1.58 bits per heavy atom. The molecule has 2 heterocycles. The lowest BCUT2D eigenvalue weighted by Gasteiger charge is -2.38. The van der Waals surface area contributed by atoms with E-state index in [1.54, 1.807) is 18.9 Å². The number of aryl methyl sites for hydroxylation is 2. The number of carbonyl (C=O) groups excluding carboxylic acids is 6. The number of ketones is 2. The summed E-state index contributed by atoms with van der Waals surface area (Å²) in [6.07, 6.45) is 3.69. The molecule has 1 aliphatic heterocycles. The van der Waals surface area contributed by atoms with E-state index in [-0.39, 0.29) is 125 Å². The van der Waals surface area contributed by atoms with Gasteiger partial charge in [-0.2, -0.15) is 13.6 Å². The number of benzene rings is 2. The highest BCUT2D eigenvalue weighted by Gasteiger charge is 2.44. The topological polar surface area (TPSA) is 497 Å². The van der Waals surface area contributed by atoms with Crippen molar-refractivity contribution in [3.8, 4) is 11.8 Å². The number of hydrogen-bond donors (Lipinski definition) is 11. The fourth-order valence-electron chi connectivity index (χ4n) is 12.2. The molecule has 10 atom stereocenters. The first-order chi connectivity index (χ1) is 51.1. The summed E-state index contributed by atoms with van der Waals surface area (Å²) < 4.78 is 64.3. The smallest absolute Gasteiger partial charge is 0.481 e. The van der Waals surface area contributed by atoms with Crippen molar-refractivity contribution in [2.75, 3.05) is 77.0 Å². The van der Waals surface area contributed by atoms with Gasteiger partial charge in [-0.3, -0.25) is 52.4 Å². The number of carboxylic acids is 2. The molecular formula is C70H97N8O25P3S2. The molecule has 3 aliphatic rings. The van der Waals surface area contributed by atoms with Gasteiger partial charge < -0.3 is 75.7 Å². The Balaban J connectivity index is 0.904. The Morgan fingerprint density at radius 1 is 0.861 bits per heavy atom. The van der Waals surface area contributed by atoms with Crippen LogP contribution in [0.25, 0.3) is 0 Å². The maximum absolute atomic E-state index is 14.4. The number of ether oxygens (including phenoxy) is 3. The van der Waals surface area contributed by atoms with Crippen LogP contribution in [-0.2, 0) is 87.5 Å². The Labute approximate surface area is 633 Å². The summed E-state index contributed by atoms with van der Waals surface area (Å²) in [5.41, 5.74) is 15.1. The molecule has 1 fully saturated rings. The molecule has 0 saturated carbocycles. The molecule has 12 N–H and O–H groups in total. The average Bonchev–Trinajstić information content (AvgIpc) is 0.836. The summed E-state index contributed by atoms with van der Waals surface area (Å²) in [5.74, 6) is -0.644. The van der Waals surface area contributed by atoms with Crippen LogP contribution in [0.5, 0.6) is 0 Å². The fraction of sp³-hybridized carbons (Fsp3) is 0.557. The van der Waals surface area contributed by atoms with Gasteiger partial charge in [0.05, 0.1) is 68.8 Å². The number of anilines is 1. The van der Waals surface area contributed by atoms with Gasteiger partial charge in [-0.05, 0) is 105 Å². The lowest BCUT2D eigenvalue weighted by atomic mass is 9.65. The van der Waals surface area contributed by atoms with E-state index in [2.05, 4.69) is 97.0 Å². The zero-order valence-corrected chi connectivity index (χ0v) is 65.3. The number of aliphatic carboxylic acids is 2. The number of phosphoric ester groups is 1. The van der Waals surface area contributed by atoms with E-state index in [0.29, 0.717) is 43.0 Å². The summed E-state index contributed by atoms with van der Waals surface area (Å²) in [6, 6.07) is 9.67. The first-order valence-electron chi connectivity index (χ1n) is 35.3. The van der Waals surface area contributed by atoms with Crippen molar-refractivity contribution in [2.24, 2.45) is 16.8 Å². The van der Waals surface area contributed by atoms with Crippen molar-refractivity contribution in [1.82, 2.24) is 30.4 Å². The SMILES string of the molecule is CCCc1cc2c(cc1C)C(c1ccccc1C(=O)N(C)CCCC(=O)NCCOCCOCCC(=O)NC(CCCSSCCC(=O)CCC#Cc1cn([C@H]3CC(O)[C@@H](COP(=O)(O)OP(=O)(O)OP(=O)(O)O)O3)c(=O)nc1N)C(=O)NC(CC(=O)O)C(=O)CC(CC)C(=O)O)C1C=C(C)C(=NCC)C=C1C2. The van der Waals surface area contributed by atoms with Crippen LogP contribution in [-0.4, -0.2) is 198 Å². The van der Waals surface area contributed by atoms with Crippen LogP contribution in [0.3, 0.4) is 0 Å². The number of carboxylic acid groups (broad SMARTS) is 2. The fourth-order valence-corrected chi connectivity index (χ4v) is 17.4. The lowest BCUT2D eigenvalue weighted by molar-refractivity contribution is -0.144. The largest absolute Gasteiger partial charge is 0.490 e. The molecule has 2 aromatic carbocycles. The summed E-state index contributed by atoms with van der Waals surface area (Å²) in [7, 11) is -12.6. The van der Waals surface area contributed by atoms with Crippen molar-refractivity contribution >= 4 is 104 Å². The predicted molar refractivity (Wildman–Crippen MR) is 400 cm³/mol. The highest BCUT2D eigenvalue weighted by atomic mass is 33.1. The number of hydrogen-bond acceptors (Lipinski definition) is 24. The summed E-state index contributed by atoms with van der Waals surface area (Å²) in [4.78, 5) is 163. The highest BCUT2D eigenvalue weighted by Crippen LogP contribution is 2.66. The van der Waals surface area contributed by atoms with Crippen LogP contribution in [0, 0.1) is 30.6 Å². The van der Waals surface area contributed by atoms with E-state index in [9.17, 15) is 82.0 Å². The van der Waals surface area contributed by atoms with Gasteiger partial charge in [0, 0.05) is 107 Å². The van der Waals surface area contributed by atoms with Gasteiger partial charge in [-0.15, -0.1) is 0 Å². The summed E-state index contributed by atoms with van der Waals surface area (Å²) in [6.45, 7) is 10.5. The first-order valence-corrected chi connectivity index (χ1v) is 42.3. The maximum atomic E-state index is 14.4. The van der Waals surface area contributed by atoms with Gasteiger partial charge in [-0.1, -0.05) is 95.7 Å². The molecule has 3 aromatic rings. The molecular weight excluding hydrogens is 1510 g/mol. The second-order valence-electron chi connectivity index (χ2n) is 25.9. The highest BCUT2D eigenvalue weighted by molar-refractivity contribution is 8.76. The zero-order chi connectivity index (χ0) is 79.5. The van der Waals surface area contributed by atoms with Crippen molar-refractivity contribution in [3.63, 3.8) is 0 Å². The Morgan fingerprint density at radius 3 is 2.28 bits per heavy atom. The Bertz CT molecular complexity index is 4080. The molecule has 1 aromatic heterocycles. The molecule has 108 heavy (non-hydrogen) atoms. The van der Waals surface area contributed by atoms with Crippen molar-refractivity contribution in [3.05, 3.63) is 115 Å². The molecule has 1 saturated heterocycles. The molecule has 0 radical (unpaired) electrons. The van der Waals surface area contributed by atoms with Crippen molar-refractivity contribution in [2.45, 2.75) is 167 Å². The van der Waals surface area contributed by atoms with Gasteiger partial charge in [0.1, 0.15) is 30.0 Å². The molecule has 0 spiro atoms. The minimum absolute atomic E-state index is 0.0223. The van der Waals surface area contributed by atoms with Crippen LogP contribution < -0.4 is 27.4 Å². The van der Waals surface area contributed by atoms with Crippen LogP contribution in [0.1, 0.15) is 167 Å². The molecule has 33 nitrogen and oxygen atoms in total. The molecule has 6 rings (SSSR count). The lowest BCUT2D eigenvalue weighted by Crippen LogP contribution is -2.52. The molecule has 0 bridgehead atoms. The third-order valence-electron chi connectivity index (χ3n) is 17.7. The van der Waals surface area contributed by atoms with Crippen LogP contribution >= 0.6 is 45.1 Å². The number of nitrogens with one attached hydrogen (secondary N) is 3. The summed E-state index contributed by atoms with van der Waals surface area (Å²) in [5, 5.41) is 37.6. The molecule has 594 valence electrons. The quantitative estimate of drug-likeness (QED) is 0.0123. The normalized spacial score (nSPS) is 19.1. The third-order valence-corrected chi connectivity index (χ3v) is 24.0. The van der Waals surface area contributed by atoms with Crippen LogP contribution in [0.4, 0.5) is 5.82 Å². The van der Waals surface area contributed by atoms with Crippen LogP contribution in [0.2, 0.25) is 0 Å².